The van der Waals surface area contributed by atoms with E-state index >= 15 is 0 Å². The standard InChI is InChI=1S/C24H24FN3O2/c25-20-11-9-19(10-12-20)18-27-14-5-15-28(17-16-27)24(29)22-8-4-13-26-23(22)30-21-6-2-1-3-7-21/h1-4,6-13H,5,14-18H2. The number of hydrogen-bond acceptors (Lipinski definition) is 4. The summed E-state index contributed by atoms with van der Waals surface area (Å²) in [5.74, 6) is 0.668. The number of amides is 1. The number of benzene rings is 2. The summed E-state index contributed by atoms with van der Waals surface area (Å²) in [6.45, 7) is 3.70. The number of nitrogens with zero attached hydrogens (tertiary/aromatic N) is 3. The number of para-hydroxylation sites is 1. The number of halogens is 1. The zero-order valence-corrected chi connectivity index (χ0v) is 16.7. The molecule has 1 aliphatic heterocycles. The molecule has 0 bridgehead atoms. The van der Waals surface area contributed by atoms with Crippen molar-refractivity contribution in [1.29, 1.82) is 0 Å². The number of carbonyl (C=O) groups excluding carboxylic acids is 1. The van der Waals surface area contributed by atoms with Crippen LogP contribution in [0.2, 0.25) is 0 Å². The molecule has 1 amide bonds. The fraction of sp³-hybridized carbons (Fsp3) is 0.250. The van der Waals surface area contributed by atoms with Crippen LogP contribution >= 0.6 is 0 Å². The minimum atomic E-state index is -0.226. The fourth-order valence-electron chi connectivity index (χ4n) is 3.59. The second-order valence-corrected chi connectivity index (χ2v) is 7.32. The maximum atomic E-state index is 13.2. The lowest BCUT2D eigenvalue weighted by molar-refractivity contribution is 0.0757. The van der Waals surface area contributed by atoms with Crippen molar-refractivity contribution in [3.63, 3.8) is 0 Å². The number of pyridine rings is 1. The Bertz CT molecular complexity index is 979. The van der Waals surface area contributed by atoms with Crippen LogP contribution in [-0.2, 0) is 6.54 Å². The zero-order valence-electron chi connectivity index (χ0n) is 16.7. The number of carbonyl (C=O) groups is 1. The number of rotatable bonds is 5. The van der Waals surface area contributed by atoms with Crippen LogP contribution in [0.3, 0.4) is 0 Å². The van der Waals surface area contributed by atoms with Crippen LogP contribution in [0.15, 0.2) is 72.9 Å². The molecule has 3 aromatic rings. The minimum absolute atomic E-state index is 0.0716. The van der Waals surface area contributed by atoms with Gasteiger partial charge in [0, 0.05) is 38.9 Å². The maximum Gasteiger partial charge on any atom is 0.259 e. The van der Waals surface area contributed by atoms with Gasteiger partial charge in [-0.2, -0.15) is 0 Å². The van der Waals surface area contributed by atoms with Gasteiger partial charge in [0.05, 0.1) is 0 Å². The Balaban J connectivity index is 1.42. The van der Waals surface area contributed by atoms with Gasteiger partial charge in [-0.3, -0.25) is 9.69 Å². The molecule has 0 spiro atoms. The first-order chi connectivity index (χ1) is 14.7. The normalized spacial score (nSPS) is 14.9. The summed E-state index contributed by atoms with van der Waals surface area (Å²) in [6.07, 6.45) is 2.50. The Labute approximate surface area is 175 Å². The summed E-state index contributed by atoms with van der Waals surface area (Å²) < 4.78 is 19.0. The molecule has 1 saturated heterocycles. The minimum Gasteiger partial charge on any atom is -0.438 e. The zero-order chi connectivity index (χ0) is 20.8. The van der Waals surface area contributed by atoms with Crippen molar-refractivity contribution in [3.05, 3.63) is 89.9 Å². The Kier molecular flexibility index (Phi) is 6.35. The van der Waals surface area contributed by atoms with E-state index < -0.39 is 0 Å². The molecule has 2 heterocycles. The molecule has 2 aromatic carbocycles. The van der Waals surface area contributed by atoms with Gasteiger partial charge in [0.2, 0.25) is 5.88 Å². The van der Waals surface area contributed by atoms with Gasteiger partial charge >= 0.3 is 0 Å². The van der Waals surface area contributed by atoms with Crippen molar-refractivity contribution in [1.82, 2.24) is 14.8 Å². The second-order valence-electron chi connectivity index (χ2n) is 7.32. The second kappa shape index (κ2) is 9.50. The van der Waals surface area contributed by atoms with Gasteiger partial charge in [-0.25, -0.2) is 9.37 Å². The largest absolute Gasteiger partial charge is 0.438 e. The molecule has 1 aliphatic rings. The molecule has 6 heteroatoms. The molecule has 30 heavy (non-hydrogen) atoms. The van der Waals surface area contributed by atoms with E-state index in [0.717, 1.165) is 31.6 Å². The van der Waals surface area contributed by atoms with Gasteiger partial charge in [0.15, 0.2) is 0 Å². The first-order valence-electron chi connectivity index (χ1n) is 10.1. The summed E-state index contributed by atoms with van der Waals surface area (Å²) in [5, 5.41) is 0. The monoisotopic (exact) mass is 405 g/mol. The third-order valence-corrected chi connectivity index (χ3v) is 5.15. The molecule has 0 aliphatic carbocycles. The average molecular weight is 405 g/mol. The van der Waals surface area contributed by atoms with E-state index in [2.05, 4.69) is 9.88 Å². The number of ether oxygens (including phenoxy) is 1. The topological polar surface area (TPSA) is 45.7 Å². The third-order valence-electron chi connectivity index (χ3n) is 5.15. The van der Waals surface area contributed by atoms with E-state index in [1.54, 1.807) is 18.3 Å². The molecular weight excluding hydrogens is 381 g/mol. The molecule has 154 valence electrons. The summed E-state index contributed by atoms with van der Waals surface area (Å²) in [6, 6.07) is 19.4. The van der Waals surface area contributed by atoms with Crippen LogP contribution in [0.1, 0.15) is 22.3 Å². The van der Waals surface area contributed by atoms with E-state index in [-0.39, 0.29) is 11.7 Å². The number of hydrogen-bond donors (Lipinski definition) is 0. The Morgan fingerprint density at radius 2 is 1.73 bits per heavy atom. The molecule has 0 N–H and O–H groups in total. The van der Waals surface area contributed by atoms with Crippen LogP contribution in [0.25, 0.3) is 0 Å². The number of aromatic nitrogens is 1. The summed E-state index contributed by atoms with van der Waals surface area (Å²) >= 11 is 0. The van der Waals surface area contributed by atoms with E-state index in [1.807, 2.05) is 47.4 Å². The van der Waals surface area contributed by atoms with Crippen LogP contribution in [-0.4, -0.2) is 46.9 Å². The predicted octanol–water partition coefficient (Wildman–Crippen LogP) is 4.36. The van der Waals surface area contributed by atoms with Gasteiger partial charge in [-0.1, -0.05) is 30.3 Å². The molecule has 0 radical (unpaired) electrons. The van der Waals surface area contributed by atoms with Crippen molar-refractivity contribution in [2.24, 2.45) is 0 Å². The average Bonchev–Trinajstić information content (AvgIpc) is 3.02. The lowest BCUT2D eigenvalue weighted by Crippen LogP contribution is -2.35. The molecule has 4 rings (SSSR count). The van der Waals surface area contributed by atoms with Crippen molar-refractivity contribution < 1.29 is 13.9 Å². The van der Waals surface area contributed by atoms with Gasteiger partial charge in [0.25, 0.3) is 5.91 Å². The first kappa shape index (κ1) is 20.0. The third kappa shape index (κ3) is 5.02. The first-order valence-corrected chi connectivity index (χ1v) is 10.1. The highest BCUT2D eigenvalue weighted by Gasteiger charge is 2.23. The highest BCUT2D eigenvalue weighted by molar-refractivity contribution is 5.96. The predicted molar refractivity (Wildman–Crippen MR) is 113 cm³/mol. The maximum absolute atomic E-state index is 13.2. The van der Waals surface area contributed by atoms with Crippen LogP contribution in [0.4, 0.5) is 4.39 Å². The molecule has 0 atom stereocenters. The van der Waals surface area contributed by atoms with Gasteiger partial charge < -0.3 is 9.64 Å². The highest BCUT2D eigenvalue weighted by atomic mass is 19.1. The fourth-order valence-corrected chi connectivity index (χ4v) is 3.59. The van der Waals surface area contributed by atoms with Crippen LogP contribution in [0, 0.1) is 5.82 Å². The SMILES string of the molecule is O=C(c1cccnc1Oc1ccccc1)N1CCCN(Cc2ccc(F)cc2)CC1. The lowest BCUT2D eigenvalue weighted by atomic mass is 10.2. The Morgan fingerprint density at radius 3 is 2.53 bits per heavy atom. The van der Waals surface area contributed by atoms with Gasteiger partial charge in [0.1, 0.15) is 17.1 Å². The molecule has 0 saturated carbocycles. The van der Waals surface area contributed by atoms with Crippen molar-refractivity contribution in [3.8, 4) is 11.6 Å². The van der Waals surface area contributed by atoms with E-state index in [9.17, 15) is 9.18 Å². The quantitative estimate of drug-likeness (QED) is 0.633. The lowest BCUT2D eigenvalue weighted by Gasteiger charge is -2.22. The summed E-state index contributed by atoms with van der Waals surface area (Å²) in [5.41, 5.74) is 1.54. The van der Waals surface area contributed by atoms with Gasteiger partial charge in [-0.15, -0.1) is 0 Å². The van der Waals surface area contributed by atoms with E-state index in [1.165, 1.54) is 12.1 Å². The molecular formula is C24H24FN3O2. The summed E-state index contributed by atoms with van der Waals surface area (Å²) in [7, 11) is 0. The van der Waals surface area contributed by atoms with Crippen molar-refractivity contribution in [2.75, 3.05) is 26.2 Å². The Morgan fingerprint density at radius 1 is 0.933 bits per heavy atom. The van der Waals surface area contributed by atoms with Crippen molar-refractivity contribution in [2.45, 2.75) is 13.0 Å². The molecule has 0 unspecified atom stereocenters. The molecule has 5 nitrogen and oxygen atoms in total. The molecule has 1 fully saturated rings. The smallest absolute Gasteiger partial charge is 0.259 e. The van der Waals surface area contributed by atoms with E-state index in [0.29, 0.717) is 30.3 Å². The highest BCUT2D eigenvalue weighted by Crippen LogP contribution is 2.24. The summed E-state index contributed by atoms with van der Waals surface area (Å²) in [4.78, 5) is 21.6. The van der Waals surface area contributed by atoms with Crippen LogP contribution < -0.4 is 4.74 Å². The molecule has 1 aromatic heterocycles. The van der Waals surface area contributed by atoms with Crippen molar-refractivity contribution >= 4 is 5.91 Å². The Hall–Kier alpha value is -3.25. The van der Waals surface area contributed by atoms with Gasteiger partial charge in [-0.05, 0) is 48.4 Å². The van der Waals surface area contributed by atoms with Crippen LogP contribution in [0.5, 0.6) is 11.6 Å². The van der Waals surface area contributed by atoms with E-state index in [4.69, 9.17) is 4.74 Å².